The highest BCUT2D eigenvalue weighted by Crippen LogP contribution is 2.42. The van der Waals surface area contributed by atoms with E-state index >= 15 is 0 Å². The minimum Gasteiger partial charge on any atom is -0.507 e. The van der Waals surface area contributed by atoms with E-state index in [-0.39, 0.29) is 35.8 Å². The molecule has 0 bridgehead atoms. The van der Waals surface area contributed by atoms with E-state index in [2.05, 4.69) is 4.90 Å². The topological polar surface area (TPSA) is 88.5 Å². The normalized spacial score (nSPS) is 21.9. The number of fused-ring (bicyclic) bond motifs is 1. The molecule has 0 aromatic heterocycles. The van der Waals surface area contributed by atoms with E-state index < -0.39 is 23.5 Å². The van der Waals surface area contributed by atoms with Crippen LogP contribution in [0.5, 0.6) is 11.5 Å². The van der Waals surface area contributed by atoms with Gasteiger partial charge in [0.25, 0.3) is 11.7 Å². The Morgan fingerprint density at radius 3 is 2.59 bits per heavy atom. The van der Waals surface area contributed by atoms with Gasteiger partial charge in [0.2, 0.25) is 6.79 Å². The first kappa shape index (κ1) is 22.4. The maximum absolute atomic E-state index is 14.9. The fraction of sp³-hybridized carbons (Fsp3) is 0.360. The summed E-state index contributed by atoms with van der Waals surface area (Å²) in [6.45, 7) is 3.96. The molecule has 5 rings (SSSR count). The number of Topliss-reactive ketones (excluding diaryl/α,β-unsaturated/α-hetero) is 1. The van der Waals surface area contributed by atoms with Crippen molar-refractivity contribution in [3.63, 3.8) is 0 Å². The summed E-state index contributed by atoms with van der Waals surface area (Å²) in [4.78, 5) is 29.7. The molecule has 3 aliphatic rings. The van der Waals surface area contributed by atoms with E-state index in [0.717, 1.165) is 19.6 Å². The van der Waals surface area contributed by atoms with Gasteiger partial charge in [0.1, 0.15) is 11.6 Å². The number of carbonyl (C=O) groups is 2. The van der Waals surface area contributed by atoms with E-state index in [1.807, 2.05) is 0 Å². The van der Waals surface area contributed by atoms with Gasteiger partial charge >= 0.3 is 0 Å². The molecule has 0 saturated carbocycles. The van der Waals surface area contributed by atoms with Crippen LogP contribution in [0.3, 0.4) is 0 Å². The van der Waals surface area contributed by atoms with Gasteiger partial charge in [-0.2, -0.15) is 0 Å². The van der Waals surface area contributed by atoms with Crippen molar-refractivity contribution >= 4 is 17.4 Å². The maximum atomic E-state index is 14.9. The van der Waals surface area contributed by atoms with Gasteiger partial charge in [-0.3, -0.25) is 14.5 Å². The first-order valence-corrected chi connectivity index (χ1v) is 11.3. The molecule has 2 saturated heterocycles. The molecule has 3 heterocycles. The van der Waals surface area contributed by atoms with Crippen molar-refractivity contribution < 1.29 is 33.3 Å². The Labute approximate surface area is 196 Å². The van der Waals surface area contributed by atoms with Crippen LogP contribution in [0.2, 0.25) is 0 Å². The SMILES string of the molecule is O=C1C(=O)N(CCCN2CCOCC2)[C@@H](c2ccccc2F)C1=C(O)c1ccc2c(c1)OCO2. The number of amides is 1. The number of halogens is 1. The third kappa shape index (κ3) is 4.12. The highest BCUT2D eigenvalue weighted by Gasteiger charge is 2.46. The lowest BCUT2D eigenvalue weighted by Gasteiger charge is -2.29. The Morgan fingerprint density at radius 1 is 1.03 bits per heavy atom. The molecule has 0 aliphatic carbocycles. The Morgan fingerprint density at radius 2 is 1.79 bits per heavy atom. The van der Waals surface area contributed by atoms with Crippen molar-refractivity contribution in [1.82, 2.24) is 9.80 Å². The fourth-order valence-corrected chi connectivity index (χ4v) is 4.62. The quantitative estimate of drug-likeness (QED) is 0.396. The Kier molecular flexibility index (Phi) is 6.21. The van der Waals surface area contributed by atoms with Crippen LogP contribution >= 0.6 is 0 Å². The molecule has 3 aliphatic heterocycles. The molecule has 0 radical (unpaired) electrons. The number of rotatable bonds is 6. The third-order valence-corrected chi connectivity index (χ3v) is 6.36. The highest BCUT2D eigenvalue weighted by molar-refractivity contribution is 6.46. The number of benzene rings is 2. The van der Waals surface area contributed by atoms with Gasteiger partial charge in [-0.05, 0) is 30.7 Å². The summed E-state index contributed by atoms with van der Waals surface area (Å²) >= 11 is 0. The number of morpholine rings is 1. The molecule has 2 fully saturated rings. The van der Waals surface area contributed by atoms with Crippen molar-refractivity contribution in [2.75, 3.05) is 46.2 Å². The molecule has 2 aromatic carbocycles. The first-order valence-electron chi connectivity index (χ1n) is 11.3. The number of ketones is 1. The first-order chi connectivity index (χ1) is 16.5. The number of nitrogens with zero attached hydrogens (tertiary/aromatic N) is 2. The number of aliphatic hydroxyl groups is 1. The van der Waals surface area contributed by atoms with Crippen LogP contribution in [0.25, 0.3) is 5.76 Å². The van der Waals surface area contributed by atoms with Crippen molar-refractivity contribution in [2.45, 2.75) is 12.5 Å². The monoisotopic (exact) mass is 468 g/mol. The zero-order valence-corrected chi connectivity index (χ0v) is 18.5. The lowest BCUT2D eigenvalue weighted by atomic mass is 9.94. The van der Waals surface area contributed by atoms with Crippen LogP contribution in [0.4, 0.5) is 4.39 Å². The number of ether oxygens (including phenoxy) is 3. The Hall–Kier alpha value is -3.43. The summed E-state index contributed by atoms with van der Waals surface area (Å²) < 4.78 is 30.9. The average molecular weight is 468 g/mol. The predicted octanol–water partition coefficient (Wildman–Crippen LogP) is 2.70. The van der Waals surface area contributed by atoms with E-state index in [0.29, 0.717) is 31.1 Å². The average Bonchev–Trinajstić information content (AvgIpc) is 3.42. The van der Waals surface area contributed by atoms with Crippen LogP contribution in [-0.4, -0.2) is 72.8 Å². The number of aliphatic hydroxyl groups excluding tert-OH is 1. The largest absolute Gasteiger partial charge is 0.507 e. The van der Waals surface area contributed by atoms with Gasteiger partial charge in [0.05, 0.1) is 24.8 Å². The second-order valence-corrected chi connectivity index (χ2v) is 8.39. The van der Waals surface area contributed by atoms with Crippen molar-refractivity contribution in [1.29, 1.82) is 0 Å². The molecule has 1 atom stereocenters. The Bertz CT molecular complexity index is 1140. The summed E-state index contributed by atoms with van der Waals surface area (Å²) in [5.74, 6) is -1.57. The van der Waals surface area contributed by atoms with Crippen LogP contribution < -0.4 is 9.47 Å². The van der Waals surface area contributed by atoms with Crippen molar-refractivity contribution in [3.8, 4) is 11.5 Å². The molecule has 8 nitrogen and oxygen atoms in total. The number of likely N-dealkylation sites (tertiary alicyclic amines) is 1. The van der Waals surface area contributed by atoms with E-state index in [9.17, 15) is 19.1 Å². The standard InChI is InChI=1S/C25H25FN2O6/c26-18-5-2-1-4-17(18)22-21(23(29)16-6-7-19-20(14-16)34-15-33-19)24(30)25(31)28(22)9-3-8-27-10-12-32-13-11-27/h1-2,4-7,14,22,29H,3,8-13,15H2/t22-/m0/s1. The highest BCUT2D eigenvalue weighted by atomic mass is 19.1. The minimum atomic E-state index is -1.03. The van der Waals surface area contributed by atoms with Crippen LogP contribution in [0.1, 0.15) is 23.6 Å². The second kappa shape index (κ2) is 9.44. The summed E-state index contributed by atoms with van der Waals surface area (Å²) in [5, 5.41) is 11.1. The van der Waals surface area contributed by atoms with Crippen molar-refractivity contribution in [3.05, 3.63) is 65.0 Å². The smallest absolute Gasteiger partial charge is 0.295 e. The summed E-state index contributed by atoms with van der Waals surface area (Å²) in [7, 11) is 0. The Balaban J connectivity index is 1.49. The van der Waals surface area contributed by atoms with Crippen molar-refractivity contribution in [2.24, 2.45) is 0 Å². The second-order valence-electron chi connectivity index (χ2n) is 8.39. The van der Waals surface area contributed by atoms with E-state index in [4.69, 9.17) is 14.2 Å². The van der Waals surface area contributed by atoms with E-state index in [1.165, 1.54) is 17.0 Å². The molecule has 1 N–H and O–H groups in total. The number of hydrogen-bond donors (Lipinski definition) is 1. The van der Waals surface area contributed by atoms with Crippen LogP contribution in [0, 0.1) is 5.82 Å². The van der Waals surface area contributed by atoms with Gasteiger partial charge in [0, 0.05) is 37.3 Å². The van der Waals surface area contributed by atoms with Crippen LogP contribution in [-0.2, 0) is 14.3 Å². The zero-order valence-electron chi connectivity index (χ0n) is 18.5. The summed E-state index contributed by atoms with van der Waals surface area (Å²) in [5.41, 5.74) is 0.313. The lowest BCUT2D eigenvalue weighted by Crippen LogP contribution is -2.39. The van der Waals surface area contributed by atoms with Gasteiger partial charge < -0.3 is 24.2 Å². The molecule has 2 aromatic rings. The van der Waals surface area contributed by atoms with Gasteiger partial charge in [-0.1, -0.05) is 18.2 Å². The predicted molar refractivity (Wildman–Crippen MR) is 120 cm³/mol. The molecule has 178 valence electrons. The molecular weight excluding hydrogens is 443 g/mol. The molecular formula is C25H25FN2O6. The van der Waals surface area contributed by atoms with Crippen LogP contribution in [0.15, 0.2) is 48.0 Å². The lowest BCUT2D eigenvalue weighted by molar-refractivity contribution is -0.140. The molecule has 34 heavy (non-hydrogen) atoms. The molecule has 0 spiro atoms. The minimum absolute atomic E-state index is 0.0578. The molecule has 1 amide bonds. The third-order valence-electron chi connectivity index (χ3n) is 6.36. The molecule has 9 heteroatoms. The number of hydrogen-bond acceptors (Lipinski definition) is 7. The van der Waals surface area contributed by atoms with Gasteiger partial charge in [0.15, 0.2) is 11.5 Å². The molecule has 0 unspecified atom stereocenters. The van der Waals surface area contributed by atoms with Gasteiger partial charge in [-0.15, -0.1) is 0 Å². The zero-order chi connectivity index (χ0) is 23.7. The summed E-state index contributed by atoms with van der Waals surface area (Å²) in [6.07, 6.45) is 0.599. The maximum Gasteiger partial charge on any atom is 0.295 e. The van der Waals surface area contributed by atoms with Gasteiger partial charge in [-0.25, -0.2) is 4.39 Å². The fourth-order valence-electron chi connectivity index (χ4n) is 4.62. The number of carbonyl (C=O) groups excluding carboxylic acids is 2. The van der Waals surface area contributed by atoms with E-state index in [1.54, 1.807) is 30.3 Å². The summed E-state index contributed by atoms with van der Waals surface area (Å²) in [6, 6.07) is 9.71.